The van der Waals surface area contributed by atoms with Gasteiger partial charge in [0.25, 0.3) is 0 Å². The predicted molar refractivity (Wildman–Crippen MR) is 128 cm³/mol. The van der Waals surface area contributed by atoms with Crippen molar-refractivity contribution in [3.05, 3.63) is 156 Å². The first kappa shape index (κ1) is 20.4. The summed E-state index contributed by atoms with van der Waals surface area (Å²) in [6.45, 7) is 0. The lowest BCUT2D eigenvalue weighted by molar-refractivity contribution is -0.0602. The minimum absolute atomic E-state index is 0.322. The molecule has 0 fully saturated rings. The molecule has 1 aliphatic rings. The van der Waals surface area contributed by atoms with Crippen LogP contribution in [0.5, 0.6) is 0 Å². The maximum Gasteiger partial charge on any atom is 0.122 e. The Bertz CT molecular complexity index is 1010. The molecule has 0 spiro atoms. The summed E-state index contributed by atoms with van der Waals surface area (Å²) in [5.74, 6) is -0.643. The van der Waals surface area contributed by atoms with Gasteiger partial charge in [0.15, 0.2) is 0 Å². The fourth-order valence-electron chi connectivity index (χ4n) is 5.00. The normalized spacial score (nSPS) is 18.2. The van der Waals surface area contributed by atoms with Crippen molar-refractivity contribution >= 4 is 0 Å². The van der Waals surface area contributed by atoms with Crippen molar-refractivity contribution in [1.29, 1.82) is 0 Å². The average molecular weight is 419 g/mol. The lowest BCUT2D eigenvalue weighted by Gasteiger charge is -2.50. The van der Waals surface area contributed by atoms with Gasteiger partial charge in [-0.25, -0.2) is 0 Å². The number of rotatable bonds is 6. The van der Waals surface area contributed by atoms with Gasteiger partial charge in [-0.3, -0.25) is 0 Å². The zero-order valence-electron chi connectivity index (χ0n) is 17.8. The van der Waals surface area contributed by atoms with Gasteiger partial charge < -0.3 is 10.2 Å². The summed E-state index contributed by atoms with van der Waals surface area (Å²) in [5.41, 5.74) is 0.699. The van der Waals surface area contributed by atoms with Gasteiger partial charge in [0.05, 0.1) is 0 Å². The van der Waals surface area contributed by atoms with E-state index in [4.69, 9.17) is 0 Å². The molecule has 0 aliphatic heterocycles. The highest BCUT2D eigenvalue weighted by molar-refractivity contribution is 5.46. The van der Waals surface area contributed by atoms with Gasteiger partial charge in [-0.1, -0.05) is 133 Å². The number of aliphatic hydroxyl groups is 2. The maximum absolute atomic E-state index is 12.3. The van der Waals surface area contributed by atoms with Crippen molar-refractivity contribution in [3.8, 4) is 0 Å². The molecule has 4 aromatic carbocycles. The molecule has 2 atom stereocenters. The van der Waals surface area contributed by atoms with Crippen molar-refractivity contribution in [2.75, 3.05) is 0 Å². The molecule has 0 saturated heterocycles. The fourth-order valence-corrected chi connectivity index (χ4v) is 5.00. The van der Waals surface area contributed by atoms with Gasteiger partial charge in [0, 0.05) is 11.8 Å². The quantitative estimate of drug-likeness (QED) is 0.397. The maximum atomic E-state index is 12.3. The fraction of sp³-hybridized carbons (Fsp3) is 0.133. The molecule has 32 heavy (non-hydrogen) atoms. The molecule has 2 heteroatoms. The van der Waals surface area contributed by atoms with Crippen molar-refractivity contribution in [3.63, 3.8) is 0 Å². The van der Waals surface area contributed by atoms with Crippen molar-refractivity contribution in [1.82, 2.24) is 0 Å². The lowest BCUT2D eigenvalue weighted by Crippen LogP contribution is -2.51. The molecule has 158 valence electrons. The highest BCUT2D eigenvalue weighted by atomic mass is 16.3. The highest BCUT2D eigenvalue weighted by Crippen LogP contribution is 2.53. The lowest BCUT2D eigenvalue weighted by atomic mass is 9.58. The molecule has 0 aromatic heterocycles. The second-order valence-corrected chi connectivity index (χ2v) is 8.43. The van der Waals surface area contributed by atoms with E-state index in [1.807, 2.05) is 133 Å². The van der Waals surface area contributed by atoms with Crippen LogP contribution in [0.1, 0.15) is 22.3 Å². The van der Waals surface area contributed by atoms with Crippen molar-refractivity contribution in [2.24, 2.45) is 11.8 Å². The van der Waals surface area contributed by atoms with Crippen LogP contribution in [0.2, 0.25) is 0 Å². The van der Waals surface area contributed by atoms with E-state index in [1.54, 1.807) is 0 Å². The Labute approximate surface area is 189 Å². The van der Waals surface area contributed by atoms with E-state index in [0.717, 1.165) is 22.3 Å². The Hall–Kier alpha value is -3.46. The van der Waals surface area contributed by atoms with Crippen LogP contribution < -0.4 is 0 Å². The number of hydrogen-bond acceptors (Lipinski definition) is 2. The molecule has 0 unspecified atom stereocenters. The summed E-state index contributed by atoms with van der Waals surface area (Å²) in [4.78, 5) is 0. The molecule has 0 radical (unpaired) electrons. The van der Waals surface area contributed by atoms with Gasteiger partial charge in [0.2, 0.25) is 0 Å². The van der Waals surface area contributed by atoms with Gasteiger partial charge in [-0.2, -0.15) is 0 Å². The van der Waals surface area contributed by atoms with Crippen LogP contribution >= 0.6 is 0 Å². The van der Waals surface area contributed by atoms with Crippen LogP contribution in [0.15, 0.2) is 133 Å². The van der Waals surface area contributed by atoms with Crippen LogP contribution in [-0.2, 0) is 11.2 Å². The zero-order chi connectivity index (χ0) is 22.0. The largest absolute Gasteiger partial charge is 0.380 e. The van der Waals surface area contributed by atoms with Gasteiger partial charge in [-0.05, 0) is 22.3 Å². The first-order valence-electron chi connectivity index (χ1n) is 11.0. The van der Waals surface area contributed by atoms with Gasteiger partial charge in [-0.15, -0.1) is 0 Å². The Morgan fingerprint density at radius 1 is 0.375 bits per heavy atom. The van der Waals surface area contributed by atoms with Crippen LogP contribution in [0.25, 0.3) is 0 Å². The van der Waals surface area contributed by atoms with E-state index < -0.39 is 11.2 Å². The average Bonchev–Trinajstić information content (AvgIpc) is 2.85. The molecule has 0 bridgehead atoms. The van der Waals surface area contributed by atoms with Crippen LogP contribution in [0, 0.1) is 11.8 Å². The molecule has 2 nitrogen and oxygen atoms in total. The minimum atomic E-state index is -1.28. The number of hydrogen-bond donors (Lipinski definition) is 2. The molecular formula is C30H26O2. The third kappa shape index (κ3) is 3.20. The van der Waals surface area contributed by atoms with Crippen LogP contribution in [0.4, 0.5) is 0 Å². The summed E-state index contributed by atoms with van der Waals surface area (Å²) in [7, 11) is 0. The van der Waals surface area contributed by atoms with Gasteiger partial charge in [0.1, 0.15) is 11.2 Å². The van der Waals surface area contributed by atoms with Crippen molar-refractivity contribution < 1.29 is 10.2 Å². The first-order chi connectivity index (χ1) is 15.6. The molecule has 2 N–H and O–H groups in total. The molecule has 0 amide bonds. The SMILES string of the molecule is OC(c1ccccc1)(c1ccccc1)[C@H]1C=C[C@@H]1C(O)(c1ccccc1)c1ccccc1. The van der Waals surface area contributed by atoms with Crippen molar-refractivity contribution in [2.45, 2.75) is 11.2 Å². The summed E-state index contributed by atoms with van der Waals surface area (Å²) in [6, 6.07) is 39.0. The Kier molecular flexibility index (Phi) is 5.26. The number of benzene rings is 4. The molecule has 1 aliphatic carbocycles. The Morgan fingerprint density at radius 3 is 0.781 bits per heavy atom. The minimum Gasteiger partial charge on any atom is -0.380 e. The van der Waals surface area contributed by atoms with Crippen LogP contribution in [-0.4, -0.2) is 10.2 Å². The second-order valence-electron chi connectivity index (χ2n) is 8.43. The molecule has 0 saturated carbocycles. The molecule has 5 rings (SSSR count). The van der Waals surface area contributed by atoms with E-state index >= 15 is 0 Å². The molecule has 0 heterocycles. The Morgan fingerprint density at radius 2 is 0.594 bits per heavy atom. The standard InChI is InChI=1S/C30H26O2/c31-29(23-13-5-1-6-14-23,24-15-7-2-8-16-24)27-21-22-28(27)30(32,25-17-9-3-10-18-25)26-19-11-4-12-20-26/h1-22,27-28,31-32H/t27-,28-/m0/s1. The monoisotopic (exact) mass is 418 g/mol. The molecular weight excluding hydrogens is 392 g/mol. The summed E-state index contributed by atoms with van der Waals surface area (Å²) in [5, 5.41) is 24.7. The van der Waals surface area contributed by atoms with E-state index in [0.29, 0.717) is 0 Å². The summed E-state index contributed by atoms with van der Waals surface area (Å²) < 4.78 is 0. The van der Waals surface area contributed by atoms with E-state index in [2.05, 4.69) is 0 Å². The third-order valence-corrected chi connectivity index (χ3v) is 6.73. The zero-order valence-corrected chi connectivity index (χ0v) is 17.8. The summed E-state index contributed by atoms with van der Waals surface area (Å²) >= 11 is 0. The van der Waals surface area contributed by atoms with Crippen LogP contribution in [0.3, 0.4) is 0 Å². The van der Waals surface area contributed by atoms with E-state index in [9.17, 15) is 10.2 Å². The topological polar surface area (TPSA) is 40.5 Å². The van der Waals surface area contributed by atoms with E-state index in [-0.39, 0.29) is 11.8 Å². The predicted octanol–water partition coefficient (Wildman–Crippen LogP) is 5.66. The highest BCUT2D eigenvalue weighted by Gasteiger charge is 2.54. The Balaban J connectivity index is 1.68. The second kappa shape index (κ2) is 8.23. The van der Waals surface area contributed by atoms with Gasteiger partial charge >= 0.3 is 0 Å². The third-order valence-electron chi connectivity index (χ3n) is 6.73. The summed E-state index contributed by atoms with van der Waals surface area (Å²) in [6.07, 6.45) is 4.06. The smallest absolute Gasteiger partial charge is 0.122 e. The first-order valence-corrected chi connectivity index (χ1v) is 11.0. The van der Waals surface area contributed by atoms with E-state index in [1.165, 1.54) is 0 Å². The molecule has 4 aromatic rings.